The van der Waals surface area contributed by atoms with Crippen LogP contribution in [0.4, 0.5) is 0 Å². The molecular weight excluding hydrogens is 264 g/mol. The minimum Gasteiger partial charge on any atom is -0.378 e. The highest BCUT2D eigenvalue weighted by molar-refractivity contribution is 9.09. The largest absolute Gasteiger partial charge is 0.378 e. The second-order valence-corrected chi connectivity index (χ2v) is 5.55. The van der Waals surface area contributed by atoms with Gasteiger partial charge in [0.1, 0.15) is 0 Å². The summed E-state index contributed by atoms with van der Waals surface area (Å²) >= 11 is 3.76. The predicted molar refractivity (Wildman–Crippen MR) is 70.9 cm³/mol. The molecule has 2 rings (SSSR count). The zero-order valence-corrected chi connectivity index (χ0v) is 11.2. The highest BCUT2D eigenvalue weighted by Gasteiger charge is 2.16. The van der Waals surface area contributed by atoms with Gasteiger partial charge in [0.15, 0.2) is 0 Å². The molecule has 1 aromatic carbocycles. The lowest BCUT2D eigenvalue weighted by molar-refractivity contribution is 0.0102. The fourth-order valence-corrected chi connectivity index (χ4v) is 2.77. The fourth-order valence-electron chi connectivity index (χ4n) is 2.20. The molecule has 1 aliphatic rings. The quantitative estimate of drug-likeness (QED) is 0.741. The van der Waals surface area contributed by atoms with Crippen LogP contribution in [0, 0.1) is 0 Å². The maximum Gasteiger partial charge on any atom is 0.0575 e. The second kappa shape index (κ2) is 6.41. The molecule has 88 valence electrons. The highest BCUT2D eigenvalue weighted by atomic mass is 79.9. The van der Waals surface area contributed by atoms with Gasteiger partial charge in [-0.1, -0.05) is 46.3 Å². The third kappa shape index (κ3) is 3.60. The maximum atomic E-state index is 5.74. The molecule has 0 aromatic heterocycles. The minimum atomic E-state index is 0.472. The summed E-state index contributed by atoms with van der Waals surface area (Å²) in [7, 11) is 0. The van der Waals surface area contributed by atoms with Crippen LogP contribution in [0.25, 0.3) is 0 Å². The van der Waals surface area contributed by atoms with Crippen LogP contribution in [0.5, 0.6) is 0 Å². The summed E-state index contributed by atoms with van der Waals surface area (Å²) in [4.78, 5) is 0.472. The first-order valence-corrected chi connectivity index (χ1v) is 7.08. The molecule has 2 atom stereocenters. The van der Waals surface area contributed by atoms with Crippen LogP contribution in [-0.2, 0) is 4.74 Å². The number of hydrogen-bond acceptors (Lipinski definition) is 1. The Hall–Kier alpha value is -0.340. The summed E-state index contributed by atoms with van der Waals surface area (Å²) in [5.74, 6) is 0. The molecule has 0 amide bonds. The van der Waals surface area contributed by atoms with Crippen LogP contribution >= 0.6 is 15.9 Å². The first-order chi connectivity index (χ1) is 7.86. The average Bonchev–Trinajstić information content (AvgIpc) is 2.38. The number of rotatable bonds is 4. The Bertz CT molecular complexity index is 293. The molecule has 0 aliphatic carbocycles. The van der Waals surface area contributed by atoms with E-state index in [4.69, 9.17) is 4.74 Å². The molecule has 0 spiro atoms. The SMILES string of the molecule is BrC(CCC1CCCCO1)c1ccccc1. The minimum absolute atomic E-state index is 0.472. The molecule has 1 fully saturated rings. The molecular formula is C14H19BrO. The van der Waals surface area contributed by atoms with E-state index in [1.54, 1.807) is 0 Å². The van der Waals surface area contributed by atoms with Gasteiger partial charge in [-0.15, -0.1) is 0 Å². The summed E-state index contributed by atoms with van der Waals surface area (Å²) < 4.78 is 5.74. The Morgan fingerprint density at radius 3 is 2.75 bits per heavy atom. The van der Waals surface area contributed by atoms with Crippen LogP contribution in [0.15, 0.2) is 30.3 Å². The predicted octanol–water partition coefficient (Wildman–Crippen LogP) is 4.47. The smallest absolute Gasteiger partial charge is 0.0575 e. The Labute approximate surface area is 106 Å². The summed E-state index contributed by atoms with van der Waals surface area (Å²) in [6, 6.07) is 10.6. The van der Waals surface area contributed by atoms with Crippen molar-refractivity contribution in [3.63, 3.8) is 0 Å². The van der Waals surface area contributed by atoms with Gasteiger partial charge in [-0.2, -0.15) is 0 Å². The second-order valence-electron chi connectivity index (χ2n) is 4.44. The Kier molecular flexibility index (Phi) is 4.86. The number of alkyl halides is 1. The molecule has 1 aromatic rings. The molecule has 1 aliphatic heterocycles. The van der Waals surface area contributed by atoms with Gasteiger partial charge in [-0.3, -0.25) is 0 Å². The van der Waals surface area contributed by atoms with Gasteiger partial charge in [-0.25, -0.2) is 0 Å². The number of ether oxygens (including phenoxy) is 1. The van der Waals surface area contributed by atoms with Gasteiger partial charge >= 0.3 is 0 Å². The van der Waals surface area contributed by atoms with E-state index >= 15 is 0 Å². The normalized spacial score (nSPS) is 22.9. The van der Waals surface area contributed by atoms with Crippen LogP contribution in [0.1, 0.15) is 42.5 Å². The zero-order valence-electron chi connectivity index (χ0n) is 9.57. The topological polar surface area (TPSA) is 9.23 Å². The van der Waals surface area contributed by atoms with Crippen molar-refractivity contribution in [1.29, 1.82) is 0 Å². The van der Waals surface area contributed by atoms with Gasteiger partial charge < -0.3 is 4.74 Å². The third-order valence-corrected chi connectivity index (χ3v) is 4.16. The first-order valence-electron chi connectivity index (χ1n) is 6.17. The third-order valence-electron chi connectivity index (χ3n) is 3.18. The van der Waals surface area contributed by atoms with Crippen molar-refractivity contribution in [3.05, 3.63) is 35.9 Å². The molecule has 16 heavy (non-hydrogen) atoms. The lowest BCUT2D eigenvalue weighted by Gasteiger charge is -2.23. The molecule has 0 bridgehead atoms. The summed E-state index contributed by atoms with van der Waals surface area (Å²) in [5.41, 5.74) is 1.37. The maximum absolute atomic E-state index is 5.74. The van der Waals surface area contributed by atoms with Gasteiger partial charge in [0.2, 0.25) is 0 Å². The Morgan fingerprint density at radius 2 is 2.06 bits per heavy atom. The molecule has 1 saturated heterocycles. The van der Waals surface area contributed by atoms with Crippen LogP contribution < -0.4 is 0 Å². The van der Waals surface area contributed by atoms with Gasteiger partial charge in [0.25, 0.3) is 0 Å². The monoisotopic (exact) mass is 282 g/mol. The van der Waals surface area contributed by atoms with Gasteiger partial charge in [-0.05, 0) is 37.7 Å². The van der Waals surface area contributed by atoms with Crippen LogP contribution in [-0.4, -0.2) is 12.7 Å². The van der Waals surface area contributed by atoms with Crippen molar-refractivity contribution in [2.45, 2.75) is 43.0 Å². The van der Waals surface area contributed by atoms with E-state index < -0.39 is 0 Å². The molecule has 0 radical (unpaired) electrons. The van der Waals surface area contributed by atoms with Crippen molar-refractivity contribution in [2.24, 2.45) is 0 Å². The van der Waals surface area contributed by atoms with Gasteiger partial charge in [0.05, 0.1) is 6.10 Å². The molecule has 2 unspecified atom stereocenters. The van der Waals surface area contributed by atoms with E-state index in [1.807, 2.05) is 0 Å². The summed E-state index contributed by atoms with van der Waals surface area (Å²) in [6.45, 7) is 0.961. The molecule has 0 saturated carbocycles. The molecule has 0 N–H and O–H groups in total. The van der Waals surface area contributed by atoms with Crippen molar-refractivity contribution >= 4 is 15.9 Å². The van der Waals surface area contributed by atoms with Crippen molar-refractivity contribution in [3.8, 4) is 0 Å². The van der Waals surface area contributed by atoms with E-state index in [2.05, 4.69) is 46.3 Å². The van der Waals surface area contributed by atoms with E-state index in [1.165, 1.54) is 31.2 Å². The summed E-state index contributed by atoms with van der Waals surface area (Å²) in [5, 5.41) is 0. The molecule has 2 heteroatoms. The molecule has 1 nitrogen and oxygen atoms in total. The standard InChI is InChI=1S/C14H19BrO/c15-14(12-6-2-1-3-7-12)10-9-13-8-4-5-11-16-13/h1-3,6-7,13-14H,4-5,8-11H2. The summed E-state index contributed by atoms with van der Waals surface area (Å²) in [6.07, 6.45) is 6.65. The number of benzene rings is 1. The lowest BCUT2D eigenvalue weighted by Crippen LogP contribution is -2.19. The number of halogens is 1. The Morgan fingerprint density at radius 1 is 1.25 bits per heavy atom. The van der Waals surface area contributed by atoms with E-state index in [9.17, 15) is 0 Å². The van der Waals surface area contributed by atoms with Crippen LogP contribution in [0.3, 0.4) is 0 Å². The van der Waals surface area contributed by atoms with Crippen molar-refractivity contribution in [1.82, 2.24) is 0 Å². The van der Waals surface area contributed by atoms with Crippen LogP contribution in [0.2, 0.25) is 0 Å². The zero-order chi connectivity index (χ0) is 11.2. The van der Waals surface area contributed by atoms with Crippen molar-refractivity contribution in [2.75, 3.05) is 6.61 Å². The van der Waals surface area contributed by atoms with E-state index in [0.717, 1.165) is 13.0 Å². The number of hydrogen-bond donors (Lipinski definition) is 0. The lowest BCUT2D eigenvalue weighted by atomic mass is 10.0. The first kappa shape index (κ1) is 12.1. The average molecular weight is 283 g/mol. The van der Waals surface area contributed by atoms with Crippen molar-refractivity contribution < 1.29 is 4.74 Å². The molecule has 1 heterocycles. The van der Waals surface area contributed by atoms with E-state index in [-0.39, 0.29) is 0 Å². The van der Waals surface area contributed by atoms with Gasteiger partial charge in [0, 0.05) is 11.4 Å². The fraction of sp³-hybridized carbons (Fsp3) is 0.571. The Balaban J connectivity index is 1.77. The van der Waals surface area contributed by atoms with E-state index in [0.29, 0.717) is 10.9 Å². The highest BCUT2D eigenvalue weighted by Crippen LogP contribution is 2.29.